The van der Waals surface area contributed by atoms with E-state index in [4.69, 9.17) is 18.5 Å². The summed E-state index contributed by atoms with van der Waals surface area (Å²) in [5.74, 6) is -0.335. The van der Waals surface area contributed by atoms with Crippen LogP contribution >= 0.6 is 7.82 Å². The number of unbranched alkanes of at least 4 members (excludes halogenated alkanes) is 29. The van der Waals surface area contributed by atoms with Gasteiger partial charge in [0.1, 0.15) is 19.3 Å². The fourth-order valence-corrected chi connectivity index (χ4v) is 7.57. The van der Waals surface area contributed by atoms with Gasteiger partial charge in [-0.05, 0) is 38.5 Å². The highest BCUT2D eigenvalue weighted by molar-refractivity contribution is 7.45. The third-order valence-corrected chi connectivity index (χ3v) is 11.5. The second-order valence-corrected chi connectivity index (χ2v) is 18.9. The number of rotatable bonds is 45. The maximum absolute atomic E-state index is 12.6. The van der Waals surface area contributed by atoms with Gasteiger partial charge in [0.2, 0.25) is 0 Å². The zero-order chi connectivity index (χ0) is 41.3. The zero-order valence-corrected chi connectivity index (χ0v) is 38.7. The predicted octanol–water partition coefficient (Wildman–Crippen LogP) is 13.6. The zero-order valence-electron chi connectivity index (χ0n) is 37.9. The van der Waals surface area contributed by atoms with Crippen molar-refractivity contribution in [2.75, 3.05) is 54.1 Å². The molecule has 0 fully saturated rings. The van der Waals surface area contributed by atoms with Gasteiger partial charge in [-0.3, -0.25) is 9.36 Å². The third-order valence-electron chi connectivity index (χ3n) is 10.6. The lowest BCUT2D eigenvalue weighted by molar-refractivity contribution is -0.870. The van der Waals surface area contributed by atoms with Gasteiger partial charge in [-0.1, -0.05) is 193 Å². The van der Waals surface area contributed by atoms with Crippen LogP contribution in [0, 0.1) is 0 Å². The number of hydrogen-bond donors (Lipinski definition) is 0. The van der Waals surface area contributed by atoms with Crippen LogP contribution in [0.2, 0.25) is 0 Å². The summed E-state index contributed by atoms with van der Waals surface area (Å²) in [5, 5.41) is 0. The van der Waals surface area contributed by atoms with Crippen molar-refractivity contribution in [3.8, 4) is 0 Å². The van der Waals surface area contributed by atoms with Gasteiger partial charge in [-0.15, -0.1) is 0 Å². The average molecular weight is 816 g/mol. The van der Waals surface area contributed by atoms with Crippen molar-refractivity contribution >= 4 is 13.8 Å². The number of carbonyl (C=O) groups excluding carboxylic acids is 1. The van der Waals surface area contributed by atoms with Gasteiger partial charge in [0, 0.05) is 13.0 Å². The van der Waals surface area contributed by atoms with E-state index in [1.165, 1.54) is 173 Å². The number of hydrogen-bond acceptors (Lipinski definition) is 7. The highest BCUT2D eigenvalue weighted by Crippen LogP contribution is 2.38. The van der Waals surface area contributed by atoms with Crippen molar-refractivity contribution in [1.82, 2.24) is 0 Å². The molecule has 0 aliphatic carbocycles. The summed E-state index contributed by atoms with van der Waals surface area (Å²) in [4.78, 5) is 24.9. The summed E-state index contributed by atoms with van der Waals surface area (Å²) < 4.78 is 34.5. The standard InChI is InChI=1S/C47H94NO7P/c1-6-8-10-12-14-16-17-18-19-20-21-22-23-24-25-26-27-28-29-30-31-32-33-35-37-39-42-52-44-46(45-54-56(50,51)53-43-41-48(3,4)5)55-47(49)40-38-36-34-15-13-11-9-7-2/h20-21,46H,6-19,22-45H2,1-5H3/b21-20-. The average Bonchev–Trinajstić information content (AvgIpc) is 3.15. The highest BCUT2D eigenvalue weighted by atomic mass is 31.2. The summed E-state index contributed by atoms with van der Waals surface area (Å²) in [5.41, 5.74) is 0. The molecule has 0 spiro atoms. The number of nitrogens with zero attached hydrogens (tertiary/aromatic N) is 1. The van der Waals surface area contributed by atoms with Crippen LogP contribution in [0.3, 0.4) is 0 Å². The first-order valence-electron chi connectivity index (χ1n) is 23.9. The Morgan fingerprint density at radius 2 is 0.929 bits per heavy atom. The molecule has 0 aromatic heterocycles. The predicted molar refractivity (Wildman–Crippen MR) is 236 cm³/mol. The van der Waals surface area contributed by atoms with Crippen LogP contribution in [0.5, 0.6) is 0 Å². The molecule has 0 aliphatic heterocycles. The number of phosphoric ester groups is 1. The van der Waals surface area contributed by atoms with Gasteiger partial charge >= 0.3 is 5.97 Å². The Labute approximate surface area is 348 Å². The van der Waals surface area contributed by atoms with Crippen molar-refractivity contribution in [1.29, 1.82) is 0 Å². The monoisotopic (exact) mass is 816 g/mol. The molecule has 0 rings (SSSR count). The molecule has 0 aliphatic rings. The Balaban J connectivity index is 3.92. The number of phosphoric acid groups is 1. The fraction of sp³-hybridized carbons (Fsp3) is 0.936. The molecule has 0 radical (unpaired) electrons. The normalized spacial score (nSPS) is 13.8. The number of carbonyl (C=O) groups is 1. The van der Waals surface area contributed by atoms with Gasteiger partial charge in [0.15, 0.2) is 0 Å². The molecule has 0 aromatic rings. The van der Waals surface area contributed by atoms with Gasteiger partial charge in [0.25, 0.3) is 7.82 Å². The van der Waals surface area contributed by atoms with E-state index in [0.717, 1.165) is 32.1 Å². The molecule has 2 unspecified atom stereocenters. The summed E-state index contributed by atoms with van der Waals surface area (Å²) in [6.45, 7) is 5.42. The number of ether oxygens (including phenoxy) is 2. The fourth-order valence-electron chi connectivity index (χ4n) is 6.84. The minimum Gasteiger partial charge on any atom is -0.756 e. The molecular formula is C47H94NO7P. The number of quaternary nitrogens is 1. The van der Waals surface area contributed by atoms with Crippen molar-refractivity contribution in [3.05, 3.63) is 12.2 Å². The van der Waals surface area contributed by atoms with Crippen LogP contribution in [0.15, 0.2) is 12.2 Å². The quantitative estimate of drug-likeness (QED) is 0.0199. The van der Waals surface area contributed by atoms with Gasteiger partial charge < -0.3 is 27.9 Å². The molecular weight excluding hydrogens is 721 g/mol. The van der Waals surface area contributed by atoms with Crippen LogP contribution in [-0.4, -0.2) is 70.7 Å². The Bertz CT molecular complexity index is 909. The van der Waals surface area contributed by atoms with Crippen molar-refractivity contribution in [2.45, 2.75) is 232 Å². The maximum atomic E-state index is 12.6. The molecule has 2 atom stereocenters. The summed E-state index contributed by atoms with van der Waals surface area (Å²) in [6.07, 6.45) is 45.4. The first-order chi connectivity index (χ1) is 27.1. The van der Waals surface area contributed by atoms with E-state index >= 15 is 0 Å². The molecule has 0 heterocycles. The van der Waals surface area contributed by atoms with Crippen molar-refractivity contribution < 1.29 is 37.3 Å². The smallest absolute Gasteiger partial charge is 0.306 e. The minimum absolute atomic E-state index is 0.0295. The Kier molecular flexibility index (Phi) is 40.4. The van der Waals surface area contributed by atoms with Gasteiger partial charge in [-0.25, -0.2) is 0 Å². The second-order valence-electron chi connectivity index (χ2n) is 17.5. The number of allylic oxidation sites excluding steroid dienone is 2. The van der Waals surface area contributed by atoms with Gasteiger partial charge in [-0.2, -0.15) is 0 Å². The number of likely N-dealkylation sites (N-methyl/N-ethyl adjacent to an activating group) is 1. The molecule has 0 N–H and O–H groups in total. The van der Waals surface area contributed by atoms with Crippen LogP contribution in [0.4, 0.5) is 0 Å². The molecule has 0 aromatic carbocycles. The SMILES string of the molecule is CCCCCCCCCC/C=C\CCCCCCCCCCCCCCCCOCC(COP(=O)([O-])OCC[N+](C)(C)C)OC(=O)CCCCCCCCCC. The molecule has 334 valence electrons. The van der Waals surface area contributed by atoms with Gasteiger partial charge in [0.05, 0.1) is 34.4 Å². The molecule has 9 heteroatoms. The summed E-state index contributed by atoms with van der Waals surface area (Å²) in [7, 11) is 1.37. The van der Waals surface area contributed by atoms with E-state index in [-0.39, 0.29) is 25.8 Å². The van der Waals surface area contributed by atoms with Crippen molar-refractivity contribution in [3.63, 3.8) is 0 Å². The van der Waals surface area contributed by atoms with E-state index < -0.39 is 13.9 Å². The van der Waals surface area contributed by atoms with Crippen molar-refractivity contribution in [2.24, 2.45) is 0 Å². The molecule has 0 amide bonds. The molecule has 0 bridgehead atoms. The van der Waals surface area contributed by atoms with E-state index in [0.29, 0.717) is 24.1 Å². The minimum atomic E-state index is -4.51. The largest absolute Gasteiger partial charge is 0.756 e. The lowest BCUT2D eigenvalue weighted by Crippen LogP contribution is -2.37. The Morgan fingerprint density at radius 3 is 1.36 bits per heavy atom. The van der Waals surface area contributed by atoms with E-state index in [9.17, 15) is 14.3 Å². The van der Waals surface area contributed by atoms with Crippen LogP contribution in [0.25, 0.3) is 0 Å². The molecule has 0 saturated carbocycles. The molecule has 56 heavy (non-hydrogen) atoms. The van der Waals surface area contributed by atoms with E-state index in [2.05, 4.69) is 26.0 Å². The van der Waals surface area contributed by atoms with Crippen LogP contribution in [0.1, 0.15) is 226 Å². The lowest BCUT2D eigenvalue weighted by Gasteiger charge is -2.28. The summed E-state index contributed by atoms with van der Waals surface area (Å²) in [6, 6.07) is 0. The lowest BCUT2D eigenvalue weighted by atomic mass is 10.0. The first kappa shape index (κ1) is 55.2. The van der Waals surface area contributed by atoms with E-state index in [1.807, 2.05) is 21.1 Å². The van der Waals surface area contributed by atoms with E-state index in [1.54, 1.807) is 0 Å². The topological polar surface area (TPSA) is 94.1 Å². The Hall–Kier alpha value is -0.760. The molecule has 8 nitrogen and oxygen atoms in total. The first-order valence-corrected chi connectivity index (χ1v) is 25.4. The number of esters is 1. The highest BCUT2D eigenvalue weighted by Gasteiger charge is 2.20. The maximum Gasteiger partial charge on any atom is 0.306 e. The molecule has 0 saturated heterocycles. The second kappa shape index (κ2) is 41.0. The third kappa shape index (κ3) is 44.3. The van der Waals surface area contributed by atoms with Crippen LogP contribution in [-0.2, 0) is 27.9 Å². The Morgan fingerprint density at radius 1 is 0.536 bits per heavy atom. The summed E-state index contributed by atoms with van der Waals surface area (Å²) >= 11 is 0. The van der Waals surface area contributed by atoms with Crippen LogP contribution < -0.4 is 4.89 Å².